The van der Waals surface area contributed by atoms with Gasteiger partial charge in [-0.25, -0.2) is 4.79 Å². The molecule has 0 aromatic rings. The largest absolute Gasteiger partial charge is 0.375 e. The van der Waals surface area contributed by atoms with E-state index in [1.165, 1.54) is 0 Å². The van der Waals surface area contributed by atoms with E-state index < -0.39 is 0 Å². The summed E-state index contributed by atoms with van der Waals surface area (Å²) in [4.78, 5) is 14.1. The van der Waals surface area contributed by atoms with Crippen LogP contribution in [0.15, 0.2) is 0 Å². The van der Waals surface area contributed by atoms with Crippen molar-refractivity contribution in [2.45, 2.75) is 58.1 Å². The highest BCUT2D eigenvalue weighted by atomic mass is 16.5. The molecule has 0 radical (unpaired) electrons. The maximum absolute atomic E-state index is 12.2. The van der Waals surface area contributed by atoms with Crippen LogP contribution in [0.4, 0.5) is 4.79 Å². The van der Waals surface area contributed by atoms with E-state index in [1.54, 1.807) is 0 Å². The number of hydrogen-bond acceptors (Lipinski definition) is 2. The summed E-state index contributed by atoms with van der Waals surface area (Å²) in [6, 6.07) is 0.380. The van der Waals surface area contributed by atoms with Crippen LogP contribution in [0.2, 0.25) is 0 Å². The van der Waals surface area contributed by atoms with E-state index >= 15 is 0 Å². The fourth-order valence-corrected chi connectivity index (χ4v) is 2.83. The minimum atomic E-state index is -0.105. The molecular weight excluding hydrogens is 228 g/mol. The molecule has 1 unspecified atom stereocenters. The van der Waals surface area contributed by atoms with Crippen LogP contribution in [-0.4, -0.2) is 42.3 Å². The number of nitrogens with zero attached hydrogens (tertiary/aromatic N) is 1. The maximum Gasteiger partial charge on any atom is 0.317 e. The lowest BCUT2D eigenvalue weighted by Gasteiger charge is -2.37. The zero-order valence-electron chi connectivity index (χ0n) is 11.9. The van der Waals surface area contributed by atoms with E-state index in [-0.39, 0.29) is 17.7 Å². The minimum absolute atomic E-state index is 0.105. The predicted molar refractivity (Wildman–Crippen MR) is 71.6 cm³/mol. The summed E-state index contributed by atoms with van der Waals surface area (Å²) >= 11 is 0. The topological polar surface area (TPSA) is 41.6 Å². The Bertz CT molecular complexity index is 296. The van der Waals surface area contributed by atoms with Gasteiger partial charge in [0.1, 0.15) is 0 Å². The van der Waals surface area contributed by atoms with Crippen LogP contribution in [0.25, 0.3) is 0 Å². The molecular formula is C14H26N2O2. The summed E-state index contributed by atoms with van der Waals surface area (Å²) in [7, 11) is 0. The van der Waals surface area contributed by atoms with Gasteiger partial charge in [-0.3, -0.25) is 0 Å². The molecule has 104 valence electrons. The molecule has 0 aromatic heterocycles. The molecule has 2 aliphatic heterocycles. The van der Waals surface area contributed by atoms with Crippen LogP contribution in [0, 0.1) is 5.92 Å². The third-order valence-electron chi connectivity index (χ3n) is 4.10. The lowest BCUT2D eigenvalue weighted by Crippen LogP contribution is -2.51. The Balaban J connectivity index is 1.80. The summed E-state index contributed by atoms with van der Waals surface area (Å²) in [6.45, 7) is 8.99. The van der Waals surface area contributed by atoms with Crippen molar-refractivity contribution in [3.63, 3.8) is 0 Å². The number of nitrogens with one attached hydrogen (secondary N) is 1. The molecule has 2 rings (SSSR count). The Morgan fingerprint density at radius 1 is 1.28 bits per heavy atom. The van der Waals surface area contributed by atoms with Crippen molar-refractivity contribution in [1.29, 1.82) is 0 Å². The number of carbonyl (C=O) groups is 1. The van der Waals surface area contributed by atoms with E-state index in [1.807, 2.05) is 4.90 Å². The second-order valence-electron chi connectivity index (χ2n) is 6.42. The first-order valence-electron chi connectivity index (χ1n) is 7.16. The Morgan fingerprint density at radius 3 is 2.56 bits per heavy atom. The Morgan fingerprint density at radius 2 is 1.94 bits per heavy atom. The van der Waals surface area contributed by atoms with Gasteiger partial charge in [-0.2, -0.15) is 0 Å². The van der Waals surface area contributed by atoms with Crippen molar-refractivity contribution < 1.29 is 9.53 Å². The molecule has 18 heavy (non-hydrogen) atoms. The first kappa shape index (κ1) is 13.7. The second kappa shape index (κ2) is 5.47. The molecule has 2 saturated heterocycles. The van der Waals surface area contributed by atoms with Gasteiger partial charge >= 0.3 is 6.03 Å². The van der Waals surface area contributed by atoms with E-state index in [2.05, 4.69) is 26.1 Å². The van der Waals surface area contributed by atoms with Gasteiger partial charge in [-0.1, -0.05) is 6.92 Å². The zero-order valence-corrected chi connectivity index (χ0v) is 11.9. The molecule has 2 heterocycles. The lowest BCUT2D eigenvalue weighted by atomic mass is 9.94. The summed E-state index contributed by atoms with van der Waals surface area (Å²) in [6.07, 6.45) is 4.10. The van der Waals surface area contributed by atoms with Crippen LogP contribution >= 0.6 is 0 Å². The highest BCUT2D eigenvalue weighted by molar-refractivity contribution is 5.74. The van der Waals surface area contributed by atoms with Crippen molar-refractivity contribution in [2.75, 3.05) is 19.7 Å². The van der Waals surface area contributed by atoms with Gasteiger partial charge in [0.15, 0.2) is 0 Å². The van der Waals surface area contributed by atoms with Gasteiger partial charge in [0.05, 0.1) is 5.60 Å². The molecule has 4 nitrogen and oxygen atoms in total. The summed E-state index contributed by atoms with van der Waals surface area (Å²) in [5.41, 5.74) is -0.105. The predicted octanol–water partition coefficient (Wildman–Crippen LogP) is 2.39. The molecule has 2 aliphatic rings. The number of amides is 2. The van der Waals surface area contributed by atoms with Crippen molar-refractivity contribution in [2.24, 2.45) is 5.92 Å². The molecule has 0 aliphatic carbocycles. The van der Waals surface area contributed by atoms with Crippen molar-refractivity contribution in [1.82, 2.24) is 10.2 Å². The first-order chi connectivity index (χ1) is 8.46. The van der Waals surface area contributed by atoms with Crippen LogP contribution < -0.4 is 5.32 Å². The fraction of sp³-hybridized carbons (Fsp3) is 0.929. The van der Waals surface area contributed by atoms with Crippen molar-refractivity contribution in [3.05, 3.63) is 0 Å². The van der Waals surface area contributed by atoms with Gasteiger partial charge in [0.2, 0.25) is 0 Å². The molecule has 2 amide bonds. The van der Waals surface area contributed by atoms with Crippen LogP contribution in [0.3, 0.4) is 0 Å². The number of carbonyl (C=O) groups excluding carboxylic acids is 1. The van der Waals surface area contributed by atoms with Gasteiger partial charge in [-0.05, 0) is 45.4 Å². The number of ether oxygens (including phenoxy) is 1. The first-order valence-corrected chi connectivity index (χ1v) is 7.16. The third kappa shape index (κ3) is 3.61. The van der Waals surface area contributed by atoms with Crippen LogP contribution in [0.1, 0.15) is 46.5 Å². The van der Waals surface area contributed by atoms with E-state index in [0.29, 0.717) is 0 Å². The molecule has 2 fully saturated rings. The average Bonchev–Trinajstić information content (AvgIpc) is 2.28. The van der Waals surface area contributed by atoms with Gasteiger partial charge in [0.25, 0.3) is 0 Å². The maximum atomic E-state index is 12.2. The molecule has 4 heteroatoms. The fourth-order valence-electron chi connectivity index (χ4n) is 2.83. The van der Waals surface area contributed by atoms with Crippen LogP contribution in [-0.2, 0) is 4.74 Å². The summed E-state index contributed by atoms with van der Waals surface area (Å²) in [5, 5.41) is 3.17. The number of rotatable bonds is 1. The molecule has 1 N–H and O–H groups in total. The van der Waals surface area contributed by atoms with Crippen molar-refractivity contribution >= 4 is 6.03 Å². The van der Waals surface area contributed by atoms with Gasteiger partial charge in [-0.15, -0.1) is 0 Å². The SMILES string of the molecule is CC1CCN(C(=O)NC2CCOC(C)(C)C2)CC1. The second-order valence-corrected chi connectivity index (χ2v) is 6.42. The summed E-state index contributed by atoms with van der Waals surface area (Å²) in [5.74, 6) is 0.760. The smallest absolute Gasteiger partial charge is 0.317 e. The number of hydrogen-bond donors (Lipinski definition) is 1. The van der Waals surface area contributed by atoms with E-state index in [4.69, 9.17) is 4.74 Å². The highest BCUT2D eigenvalue weighted by Crippen LogP contribution is 2.24. The number of likely N-dealkylation sites (tertiary alicyclic amines) is 1. The van der Waals surface area contributed by atoms with E-state index in [0.717, 1.165) is 51.3 Å². The number of urea groups is 1. The van der Waals surface area contributed by atoms with E-state index in [9.17, 15) is 4.79 Å². The third-order valence-corrected chi connectivity index (χ3v) is 4.10. The summed E-state index contributed by atoms with van der Waals surface area (Å²) < 4.78 is 5.67. The Kier molecular flexibility index (Phi) is 4.15. The molecule has 0 bridgehead atoms. The quantitative estimate of drug-likeness (QED) is 0.780. The number of piperidine rings is 1. The normalized spacial score (nSPS) is 29.1. The molecule has 0 saturated carbocycles. The minimum Gasteiger partial charge on any atom is -0.375 e. The standard InChI is InChI=1S/C14H26N2O2/c1-11-4-7-16(8-5-11)13(17)15-12-6-9-18-14(2,3)10-12/h11-12H,4-10H2,1-3H3,(H,15,17). The zero-order chi connectivity index (χ0) is 13.2. The average molecular weight is 254 g/mol. The Hall–Kier alpha value is -0.770. The molecule has 1 atom stereocenters. The monoisotopic (exact) mass is 254 g/mol. The van der Waals surface area contributed by atoms with Gasteiger partial charge < -0.3 is 15.0 Å². The van der Waals surface area contributed by atoms with Crippen LogP contribution in [0.5, 0.6) is 0 Å². The van der Waals surface area contributed by atoms with Crippen molar-refractivity contribution in [3.8, 4) is 0 Å². The molecule has 0 aromatic carbocycles. The Labute approximate surface area is 110 Å². The lowest BCUT2D eigenvalue weighted by molar-refractivity contribution is -0.0616. The highest BCUT2D eigenvalue weighted by Gasteiger charge is 2.31. The van der Waals surface area contributed by atoms with Gasteiger partial charge in [0, 0.05) is 25.7 Å². The molecule has 0 spiro atoms.